The predicted octanol–water partition coefficient (Wildman–Crippen LogP) is 0.0289. The average Bonchev–Trinajstić information content (AvgIpc) is 2.43. The molecular weight excluding hydrogens is 168 g/mol. The molecule has 1 aromatic carbocycles. The van der Waals surface area contributed by atoms with Gasteiger partial charge in [-0.15, -0.1) is 0 Å². The summed E-state index contributed by atoms with van der Waals surface area (Å²) in [5, 5.41) is 2.22. The molecule has 0 aromatic heterocycles. The molecule has 4 heteroatoms. The molecule has 0 saturated heterocycles. The van der Waals surface area contributed by atoms with E-state index in [1.54, 1.807) is 18.2 Å². The van der Waals surface area contributed by atoms with E-state index in [1.165, 1.54) is 0 Å². The molecule has 2 rings (SSSR count). The van der Waals surface area contributed by atoms with Gasteiger partial charge in [0.1, 0.15) is 0 Å². The number of hydrogen-bond donors (Lipinski definition) is 2. The van der Waals surface area contributed by atoms with Crippen molar-refractivity contribution in [1.29, 1.82) is 0 Å². The molecule has 1 aromatic rings. The summed E-state index contributed by atoms with van der Waals surface area (Å²) in [4.78, 5) is 22.4. The van der Waals surface area contributed by atoms with E-state index in [0.717, 1.165) is 0 Å². The Morgan fingerprint density at radius 2 is 2.00 bits per heavy atom. The molecule has 1 aliphatic heterocycles. The largest absolute Gasteiger partial charge is 0.326 e. The highest BCUT2D eigenvalue weighted by Crippen LogP contribution is 2.19. The van der Waals surface area contributed by atoms with Gasteiger partial charge in [0.05, 0.1) is 11.1 Å². The second-order valence-corrected chi connectivity index (χ2v) is 2.83. The first-order chi connectivity index (χ1) is 6.24. The molecule has 4 nitrogen and oxygen atoms in total. The molecule has 0 fully saturated rings. The van der Waals surface area contributed by atoms with E-state index in [-0.39, 0.29) is 18.4 Å². The summed E-state index contributed by atoms with van der Waals surface area (Å²) >= 11 is 0. The Balaban J connectivity index is 2.69. The van der Waals surface area contributed by atoms with Crippen LogP contribution in [-0.2, 0) is 6.54 Å². The average molecular weight is 176 g/mol. The third-order valence-corrected chi connectivity index (χ3v) is 2.07. The summed E-state index contributed by atoms with van der Waals surface area (Å²) < 4.78 is 0. The third-order valence-electron chi connectivity index (χ3n) is 2.07. The van der Waals surface area contributed by atoms with Crippen LogP contribution in [0.1, 0.15) is 26.3 Å². The summed E-state index contributed by atoms with van der Waals surface area (Å²) in [6, 6.07) is 5.09. The van der Waals surface area contributed by atoms with Crippen LogP contribution in [0.3, 0.4) is 0 Å². The van der Waals surface area contributed by atoms with Crippen LogP contribution in [0.15, 0.2) is 18.2 Å². The number of nitrogens with one attached hydrogen (secondary N) is 1. The fourth-order valence-electron chi connectivity index (χ4n) is 1.46. The number of carbonyl (C=O) groups is 2. The summed E-state index contributed by atoms with van der Waals surface area (Å²) in [6.45, 7) is 0.268. The van der Waals surface area contributed by atoms with Crippen LogP contribution in [0.2, 0.25) is 0 Å². The molecule has 0 unspecified atom stereocenters. The van der Waals surface area contributed by atoms with Crippen LogP contribution >= 0.6 is 0 Å². The first-order valence-corrected chi connectivity index (χ1v) is 3.91. The molecular formula is C9H8N2O2. The number of imide groups is 1. The standard InChI is InChI=1S/C9H8N2O2/c10-4-5-2-1-3-6-7(5)9(13)11-8(6)12/h1-3H,4,10H2,(H,11,12,13). The van der Waals surface area contributed by atoms with Crippen molar-refractivity contribution in [3.05, 3.63) is 34.9 Å². The lowest BCUT2D eigenvalue weighted by Crippen LogP contribution is -2.20. The number of carbonyl (C=O) groups excluding carboxylic acids is 2. The van der Waals surface area contributed by atoms with Gasteiger partial charge in [-0.25, -0.2) is 0 Å². The molecule has 66 valence electrons. The monoisotopic (exact) mass is 176 g/mol. The quantitative estimate of drug-likeness (QED) is 0.593. The maximum atomic E-state index is 11.3. The Bertz CT molecular complexity index is 399. The summed E-state index contributed by atoms with van der Waals surface area (Å²) in [5.41, 5.74) is 7.00. The molecule has 0 aliphatic carbocycles. The predicted molar refractivity (Wildman–Crippen MR) is 46.1 cm³/mol. The van der Waals surface area contributed by atoms with Crippen molar-refractivity contribution in [1.82, 2.24) is 5.32 Å². The normalized spacial score (nSPS) is 14.2. The van der Waals surface area contributed by atoms with Crippen molar-refractivity contribution in [2.75, 3.05) is 0 Å². The van der Waals surface area contributed by atoms with Gasteiger partial charge in [-0.3, -0.25) is 14.9 Å². The van der Waals surface area contributed by atoms with Gasteiger partial charge in [0.2, 0.25) is 0 Å². The van der Waals surface area contributed by atoms with Gasteiger partial charge in [-0.2, -0.15) is 0 Å². The van der Waals surface area contributed by atoms with Crippen LogP contribution in [0, 0.1) is 0 Å². The van der Waals surface area contributed by atoms with E-state index >= 15 is 0 Å². The molecule has 13 heavy (non-hydrogen) atoms. The van der Waals surface area contributed by atoms with E-state index in [4.69, 9.17) is 5.73 Å². The lowest BCUT2D eigenvalue weighted by atomic mass is 10.0. The molecule has 0 atom stereocenters. The van der Waals surface area contributed by atoms with Crippen molar-refractivity contribution >= 4 is 11.8 Å². The van der Waals surface area contributed by atoms with Crippen LogP contribution in [0.5, 0.6) is 0 Å². The van der Waals surface area contributed by atoms with Crippen LogP contribution < -0.4 is 11.1 Å². The highest BCUT2D eigenvalue weighted by Gasteiger charge is 2.28. The SMILES string of the molecule is NCc1cccc2c1C(=O)NC2=O. The molecule has 3 N–H and O–H groups in total. The number of benzene rings is 1. The Morgan fingerprint density at radius 1 is 1.23 bits per heavy atom. The summed E-state index contributed by atoms with van der Waals surface area (Å²) in [6.07, 6.45) is 0. The van der Waals surface area contributed by atoms with Crippen molar-refractivity contribution in [2.45, 2.75) is 6.54 Å². The summed E-state index contributed by atoms with van der Waals surface area (Å²) in [5.74, 6) is -0.684. The van der Waals surface area contributed by atoms with E-state index in [0.29, 0.717) is 16.7 Å². The van der Waals surface area contributed by atoms with Gasteiger partial charge in [0.25, 0.3) is 11.8 Å². The maximum absolute atomic E-state index is 11.3. The first-order valence-electron chi connectivity index (χ1n) is 3.91. The van der Waals surface area contributed by atoms with Crippen LogP contribution in [0.25, 0.3) is 0 Å². The molecule has 0 bridgehead atoms. The zero-order chi connectivity index (χ0) is 9.42. The van der Waals surface area contributed by atoms with Crippen LogP contribution in [-0.4, -0.2) is 11.8 Å². The zero-order valence-corrected chi connectivity index (χ0v) is 6.83. The Labute approximate surface area is 74.7 Å². The Kier molecular flexibility index (Phi) is 1.63. The Morgan fingerprint density at radius 3 is 2.69 bits per heavy atom. The van der Waals surface area contributed by atoms with E-state index < -0.39 is 0 Å². The molecule has 0 radical (unpaired) electrons. The number of rotatable bonds is 1. The number of hydrogen-bond acceptors (Lipinski definition) is 3. The summed E-state index contributed by atoms with van der Waals surface area (Å²) in [7, 11) is 0. The lowest BCUT2D eigenvalue weighted by molar-refractivity contribution is 0.0879. The maximum Gasteiger partial charge on any atom is 0.259 e. The van der Waals surface area contributed by atoms with Gasteiger partial charge in [0.15, 0.2) is 0 Å². The fourth-order valence-corrected chi connectivity index (χ4v) is 1.46. The number of nitrogens with two attached hydrogens (primary N) is 1. The highest BCUT2D eigenvalue weighted by atomic mass is 16.2. The van der Waals surface area contributed by atoms with E-state index in [1.807, 2.05) is 0 Å². The van der Waals surface area contributed by atoms with Crippen molar-refractivity contribution in [2.24, 2.45) is 5.73 Å². The minimum Gasteiger partial charge on any atom is -0.326 e. The molecule has 0 saturated carbocycles. The Hall–Kier alpha value is -1.68. The molecule has 1 heterocycles. The minimum atomic E-state index is -0.346. The highest BCUT2D eigenvalue weighted by molar-refractivity contribution is 6.22. The molecule has 2 amide bonds. The topological polar surface area (TPSA) is 72.2 Å². The van der Waals surface area contributed by atoms with E-state index in [9.17, 15) is 9.59 Å². The van der Waals surface area contributed by atoms with Crippen molar-refractivity contribution in [3.63, 3.8) is 0 Å². The zero-order valence-electron chi connectivity index (χ0n) is 6.83. The smallest absolute Gasteiger partial charge is 0.259 e. The molecule has 1 aliphatic rings. The van der Waals surface area contributed by atoms with Gasteiger partial charge in [-0.05, 0) is 11.6 Å². The van der Waals surface area contributed by atoms with Crippen LogP contribution in [0.4, 0.5) is 0 Å². The number of amides is 2. The van der Waals surface area contributed by atoms with E-state index in [2.05, 4.69) is 5.32 Å². The van der Waals surface area contributed by atoms with Gasteiger partial charge < -0.3 is 5.73 Å². The van der Waals surface area contributed by atoms with Crippen molar-refractivity contribution in [3.8, 4) is 0 Å². The van der Waals surface area contributed by atoms with Gasteiger partial charge >= 0.3 is 0 Å². The number of fused-ring (bicyclic) bond motifs is 1. The van der Waals surface area contributed by atoms with Gasteiger partial charge in [0, 0.05) is 6.54 Å². The van der Waals surface area contributed by atoms with Gasteiger partial charge in [-0.1, -0.05) is 12.1 Å². The van der Waals surface area contributed by atoms with Crippen molar-refractivity contribution < 1.29 is 9.59 Å². The fraction of sp³-hybridized carbons (Fsp3) is 0.111. The first kappa shape index (κ1) is 7.94. The molecule has 0 spiro atoms. The minimum absolute atomic E-state index is 0.268. The third kappa shape index (κ3) is 1.03. The second-order valence-electron chi connectivity index (χ2n) is 2.83. The second kappa shape index (κ2) is 2.67. The lowest BCUT2D eigenvalue weighted by Gasteiger charge is -2.00.